The van der Waals surface area contributed by atoms with Crippen LogP contribution in [0.4, 0.5) is 47.3 Å². The van der Waals surface area contributed by atoms with Crippen LogP contribution in [0.2, 0.25) is 5.02 Å². The topological polar surface area (TPSA) is 61.9 Å². The van der Waals surface area contributed by atoms with Crippen LogP contribution >= 0.6 is 11.6 Å². The predicted molar refractivity (Wildman–Crippen MR) is 98.0 cm³/mol. The monoisotopic (exact) mass is 467 g/mol. The highest BCUT2D eigenvalue weighted by atomic mass is 35.5. The second-order valence-electron chi connectivity index (χ2n) is 6.25. The summed E-state index contributed by atoms with van der Waals surface area (Å²) in [4.78, 5) is 26.6. The maximum absolute atomic E-state index is 13.0. The third-order valence-corrected chi connectivity index (χ3v) is 4.49. The van der Waals surface area contributed by atoms with Gasteiger partial charge in [-0.25, -0.2) is 14.5 Å². The summed E-state index contributed by atoms with van der Waals surface area (Å²) in [6, 6.07) is 5.35. The molecule has 1 saturated heterocycles. The number of amides is 4. The number of ether oxygens (including phenoxy) is 1. The maximum Gasteiger partial charge on any atom is 0.573 e. The summed E-state index contributed by atoms with van der Waals surface area (Å²) in [7, 11) is 0. The van der Waals surface area contributed by atoms with Gasteiger partial charge in [0.05, 0.1) is 17.1 Å². The number of alkyl halides is 6. The zero-order valence-corrected chi connectivity index (χ0v) is 16.0. The molecule has 0 unspecified atom stereocenters. The van der Waals surface area contributed by atoms with Gasteiger partial charge in [-0.3, -0.25) is 4.90 Å². The lowest BCUT2D eigenvalue weighted by Gasteiger charge is -2.19. The lowest BCUT2D eigenvalue weighted by molar-refractivity contribution is -0.274. The van der Waals surface area contributed by atoms with E-state index >= 15 is 0 Å². The first-order valence-electron chi connectivity index (χ1n) is 8.48. The Bertz CT molecular complexity index is 995. The number of hydrogen-bond acceptors (Lipinski definition) is 3. The summed E-state index contributed by atoms with van der Waals surface area (Å²) in [5.74, 6) is -0.503. The number of urea groups is 2. The van der Waals surface area contributed by atoms with E-state index in [9.17, 15) is 35.9 Å². The molecule has 1 heterocycles. The van der Waals surface area contributed by atoms with E-state index in [0.29, 0.717) is 6.07 Å². The summed E-state index contributed by atoms with van der Waals surface area (Å²) in [5, 5.41) is 1.79. The Hall–Kier alpha value is -3.15. The third-order valence-electron chi connectivity index (χ3n) is 4.16. The van der Waals surface area contributed by atoms with Crippen molar-refractivity contribution in [1.82, 2.24) is 4.90 Å². The third kappa shape index (κ3) is 5.32. The lowest BCUT2D eigenvalue weighted by atomic mass is 10.2. The molecule has 1 aliphatic heterocycles. The Labute approximate surface area is 175 Å². The minimum atomic E-state index is -4.87. The van der Waals surface area contributed by atoms with Gasteiger partial charge in [-0.15, -0.1) is 13.2 Å². The van der Waals surface area contributed by atoms with E-state index in [4.69, 9.17) is 11.6 Å². The molecule has 0 aliphatic carbocycles. The minimum Gasteiger partial charge on any atom is -0.406 e. The van der Waals surface area contributed by atoms with Crippen LogP contribution in [-0.4, -0.2) is 36.4 Å². The number of nitrogens with one attached hydrogen (secondary N) is 1. The van der Waals surface area contributed by atoms with Crippen LogP contribution in [0.5, 0.6) is 5.75 Å². The average molecular weight is 468 g/mol. The number of rotatable bonds is 3. The van der Waals surface area contributed by atoms with Gasteiger partial charge in [-0.2, -0.15) is 13.2 Å². The van der Waals surface area contributed by atoms with Crippen LogP contribution in [0, 0.1) is 0 Å². The van der Waals surface area contributed by atoms with E-state index in [1.165, 1.54) is 6.07 Å². The first-order chi connectivity index (χ1) is 14.3. The standard InChI is InChI=1S/C18H12ClF6N3O3/c19-14-6-3-11(9-13(14)17(20,21)22)27-7-8-28(16(27)30)15(29)26-10-1-4-12(5-2-10)31-18(23,24)25/h1-6,9H,7-8H2,(H,26,29). The van der Waals surface area contributed by atoms with Crippen molar-refractivity contribution in [2.45, 2.75) is 12.5 Å². The first-order valence-corrected chi connectivity index (χ1v) is 8.85. The molecule has 0 atom stereocenters. The van der Waals surface area contributed by atoms with Gasteiger partial charge in [-0.05, 0) is 42.5 Å². The molecule has 13 heteroatoms. The van der Waals surface area contributed by atoms with Gasteiger partial charge in [0.15, 0.2) is 0 Å². The van der Waals surface area contributed by atoms with Crippen LogP contribution in [0.25, 0.3) is 0 Å². The van der Waals surface area contributed by atoms with E-state index in [0.717, 1.165) is 40.1 Å². The molecular formula is C18H12ClF6N3O3. The number of nitrogens with zero attached hydrogens (tertiary/aromatic N) is 2. The molecule has 31 heavy (non-hydrogen) atoms. The smallest absolute Gasteiger partial charge is 0.406 e. The number of imide groups is 1. The van der Waals surface area contributed by atoms with Gasteiger partial charge in [0.2, 0.25) is 0 Å². The van der Waals surface area contributed by atoms with Crippen molar-refractivity contribution in [2.24, 2.45) is 0 Å². The van der Waals surface area contributed by atoms with E-state index < -0.39 is 40.9 Å². The Morgan fingerprint density at radius 3 is 2.23 bits per heavy atom. The minimum absolute atomic E-state index is 0.0659. The molecule has 1 N–H and O–H groups in total. The number of halogens is 7. The fraction of sp³-hybridized carbons (Fsp3) is 0.222. The predicted octanol–water partition coefficient (Wildman–Crippen LogP) is 5.73. The van der Waals surface area contributed by atoms with Gasteiger partial charge in [0.1, 0.15) is 5.75 Å². The first kappa shape index (κ1) is 22.5. The lowest BCUT2D eigenvalue weighted by Crippen LogP contribution is -2.39. The molecular weight excluding hydrogens is 456 g/mol. The van der Waals surface area contributed by atoms with Gasteiger partial charge < -0.3 is 10.1 Å². The fourth-order valence-electron chi connectivity index (χ4n) is 2.79. The number of carbonyl (C=O) groups is 2. The summed E-state index contributed by atoms with van der Waals surface area (Å²) >= 11 is 5.57. The van der Waals surface area contributed by atoms with Crippen molar-refractivity contribution in [3.8, 4) is 5.75 Å². The van der Waals surface area contributed by atoms with Crippen molar-refractivity contribution < 1.29 is 40.7 Å². The Morgan fingerprint density at radius 2 is 1.65 bits per heavy atom. The highest BCUT2D eigenvalue weighted by molar-refractivity contribution is 6.31. The van der Waals surface area contributed by atoms with E-state index in [1.54, 1.807) is 0 Å². The zero-order chi connectivity index (χ0) is 23.0. The molecule has 0 spiro atoms. The fourth-order valence-corrected chi connectivity index (χ4v) is 3.02. The van der Waals surface area contributed by atoms with Crippen LogP contribution < -0.4 is 15.0 Å². The van der Waals surface area contributed by atoms with Crippen molar-refractivity contribution >= 4 is 35.0 Å². The van der Waals surface area contributed by atoms with E-state index in [1.807, 2.05) is 0 Å². The summed E-state index contributed by atoms with van der Waals surface area (Å²) in [6.45, 7) is -0.187. The Balaban J connectivity index is 1.69. The number of benzene rings is 2. The summed E-state index contributed by atoms with van der Waals surface area (Å²) in [6.07, 6.45) is -9.60. The largest absolute Gasteiger partial charge is 0.573 e. The molecule has 2 aromatic rings. The highest BCUT2D eigenvalue weighted by Gasteiger charge is 2.37. The maximum atomic E-state index is 13.0. The molecule has 0 bridgehead atoms. The van der Waals surface area contributed by atoms with Crippen LogP contribution in [0.1, 0.15) is 5.56 Å². The van der Waals surface area contributed by atoms with Gasteiger partial charge in [-0.1, -0.05) is 11.6 Å². The highest BCUT2D eigenvalue weighted by Crippen LogP contribution is 2.37. The van der Waals surface area contributed by atoms with Gasteiger partial charge >= 0.3 is 24.6 Å². The van der Waals surface area contributed by atoms with Crippen LogP contribution in [0.3, 0.4) is 0 Å². The van der Waals surface area contributed by atoms with Crippen LogP contribution in [-0.2, 0) is 6.18 Å². The molecule has 2 aromatic carbocycles. The van der Waals surface area contributed by atoms with Gasteiger partial charge in [0.25, 0.3) is 0 Å². The van der Waals surface area contributed by atoms with Crippen LogP contribution in [0.15, 0.2) is 42.5 Å². The molecule has 0 radical (unpaired) electrons. The zero-order valence-electron chi connectivity index (χ0n) is 15.2. The molecule has 166 valence electrons. The summed E-state index contributed by atoms with van der Waals surface area (Å²) < 4.78 is 79.4. The van der Waals surface area contributed by atoms with Gasteiger partial charge in [0, 0.05) is 17.9 Å². The van der Waals surface area contributed by atoms with Crippen molar-refractivity contribution in [3.63, 3.8) is 0 Å². The average Bonchev–Trinajstić information content (AvgIpc) is 3.03. The SMILES string of the molecule is O=C(Nc1ccc(OC(F)(F)F)cc1)N1CCN(c2ccc(Cl)c(C(F)(F)F)c2)C1=O. The molecule has 1 aliphatic rings. The van der Waals surface area contributed by atoms with E-state index in [-0.39, 0.29) is 24.5 Å². The van der Waals surface area contributed by atoms with Crippen molar-refractivity contribution in [1.29, 1.82) is 0 Å². The molecule has 6 nitrogen and oxygen atoms in total. The van der Waals surface area contributed by atoms with E-state index in [2.05, 4.69) is 10.1 Å². The second-order valence-corrected chi connectivity index (χ2v) is 6.66. The second kappa shape index (κ2) is 8.17. The van der Waals surface area contributed by atoms with Crippen molar-refractivity contribution in [2.75, 3.05) is 23.3 Å². The number of carbonyl (C=O) groups excluding carboxylic acids is 2. The molecule has 3 rings (SSSR count). The van der Waals surface area contributed by atoms with Crippen molar-refractivity contribution in [3.05, 3.63) is 53.1 Å². The Morgan fingerprint density at radius 1 is 1.00 bits per heavy atom. The molecule has 4 amide bonds. The Kier molecular flexibility index (Phi) is 5.94. The number of hydrogen-bond donors (Lipinski definition) is 1. The molecule has 0 saturated carbocycles. The molecule has 0 aromatic heterocycles. The quantitative estimate of drug-likeness (QED) is 0.586. The molecule has 1 fully saturated rings. The normalized spacial score (nSPS) is 14.7. The summed E-state index contributed by atoms with van der Waals surface area (Å²) in [5.41, 5.74) is -1.13. The number of anilines is 2.